The minimum atomic E-state index is -4.52. The van der Waals surface area contributed by atoms with Crippen molar-refractivity contribution in [2.24, 2.45) is 0 Å². The molecule has 2 amide bonds. The second kappa shape index (κ2) is 7.42. The molecule has 0 saturated heterocycles. The molecule has 3 aromatic rings. The number of ether oxygens (including phenoxy) is 1. The molecule has 2 aromatic heterocycles. The Hall–Kier alpha value is -3.62. The zero-order valence-corrected chi connectivity index (χ0v) is 15.0. The molecule has 0 unspecified atom stereocenters. The lowest BCUT2D eigenvalue weighted by atomic mass is 10.0. The van der Waals surface area contributed by atoms with Gasteiger partial charge in [0.1, 0.15) is 6.61 Å². The molecule has 1 aliphatic rings. The van der Waals surface area contributed by atoms with E-state index in [1.807, 2.05) is 0 Å². The first-order valence-electron chi connectivity index (χ1n) is 8.72. The molecular weight excluding hydrogens is 385 g/mol. The van der Waals surface area contributed by atoms with Gasteiger partial charge >= 0.3 is 12.2 Å². The number of benzene rings is 1. The fraction of sp³-hybridized carbons (Fsp3) is 0.150. The normalized spacial score (nSPS) is 13.4. The van der Waals surface area contributed by atoms with E-state index in [1.54, 1.807) is 12.1 Å². The first-order chi connectivity index (χ1) is 13.9. The smallest absolute Gasteiger partial charge is 0.417 e. The van der Waals surface area contributed by atoms with Crippen molar-refractivity contribution in [1.29, 1.82) is 0 Å². The molecule has 0 bridgehead atoms. The Morgan fingerprint density at radius 2 is 1.83 bits per heavy atom. The molecule has 6 nitrogen and oxygen atoms in total. The van der Waals surface area contributed by atoms with Crippen LogP contribution in [0.3, 0.4) is 0 Å². The van der Waals surface area contributed by atoms with Crippen molar-refractivity contribution in [1.82, 2.24) is 9.97 Å². The summed E-state index contributed by atoms with van der Waals surface area (Å²) in [6.45, 7) is 0.457. The number of alkyl halides is 3. The summed E-state index contributed by atoms with van der Waals surface area (Å²) in [5.74, 6) is 0.492. The molecule has 3 heterocycles. The maximum Gasteiger partial charge on any atom is 0.417 e. The fourth-order valence-corrected chi connectivity index (χ4v) is 3.02. The van der Waals surface area contributed by atoms with Crippen molar-refractivity contribution in [3.05, 3.63) is 66.5 Å². The number of nitrogens with zero attached hydrogens (tertiary/aromatic N) is 3. The summed E-state index contributed by atoms with van der Waals surface area (Å²) in [6, 6.07) is 11.0. The van der Waals surface area contributed by atoms with E-state index >= 15 is 0 Å². The molecule has 0 fully saturated rings. The summed E-state index contributed by atoms with van der Waals surface area (Å²) in [6.07, 6.45) is -1.45. The average Bonchev–Trinajstić information content (AvgIpc) is 2.73. The van der Waals surface area contributed by atoms with Crippen LogP contribution >= 0.6 is 0 Å². The molecule has 1 aromatic carbocycles. The third-order valence-electron chi connectivity index (χ3n) is 4.35. The van der Waals surface area contributed by atoms with E-state index in [0.717, 1.165) is 6.07 Å². The summed E-state index contributed by atoms with van der Waals surface area (Å²) >= 11 is 0. The molecule has 0 saturated carbocycles. The highest BCUT2D eigenvalue weighted by Gasteiger charge is 2.34. The van der Waals surface area contributed by atoms with Crippen molar-refractivity contribution >= 4 is 17.5 Å². The third kappa shape index (κ3) is 3.84. The Labute approximate surface area is 164 Å². The zero-order chi connectivity index (χ0) is 20.4. The molecule has 9 heteroatoms. The van der Waals surface area contributed by atoms with Gasteiger partial charge in [-0.1, -0.05) is 18.2 Å². The topological polar surface area (TPSA) is 67.4 Å². The maximum absolute atomic E-state index is 13.4. The van der Waals surface area contributed by atoms with Crippen LogP contribution in [0.15, 0.2) is 60.9 Å². The van der Waals surface area contributed by atoms with Crippen LogP contribution in [0.1, 0.15) is 5.56 Å². The lowest BCUT2D eigenvalue weighted by Crippen LogP contribution is -2.41. The van der Waals surface area contributed by atoms with Crippen molar-refractivity contribution < 1.29 is 22.7 Å². The Bertz CT molecular complexity index is 1040. The van der Waals surface area contributed by atoms with Crippen molar-refractivity contribution in [2.45, 2.75) is 6.18 Å². The van der Waals surface area contributed by atoms with Gasteiger partial charge in [0.15, 0.2) is 11.6 Å². The molecule has 4 rings (SSSR count). The fourth-order valence-electron chi connectivity index (χ4n) is 3.02. The molecule has 0 aliphatic carbocycles. The van der Waals surface area contributed by atoms with Gasteiger partial charge in [-0.3, -0.25) is 9.88 Å². The molecule has 29 heavy (non-hydrogen) atoms. The lowest BCUT2D eigenvalue weighted by molar-refractivity contribution is -0.137. The minimum Gasteiger partial charge on any atom is -0.488 e. The van der Waals surface area contributed by atoms with E-state index in [1.165, 1.54) is 47.6 Å². The Kier molecular flexibility index (Phi) is 4.79. The zero-order valence-electron chi connectivity index (χ0n) is 15.0. The molecule has 1 aliphatic heterocycles. The average molecular weight is 400 g/mol. The summed E-state index contributed by atoms with van der Waals surface area (Å²) in [4.78, 5) is 22.3. The molecular formula is C20H15F3N4O2. The predicted octanol–water partition coefficient (Wildman–Crippen LogP) is 4.59. The number of fused-ring (bicyclic) bond motifs is 1. The Morgan fingerprint density at radius 1 is 1.07 bits per heavy atom. The quantitative estimate of drug-likeness (QED) is 0.683. The van der Waals surface area contributed by atoms with E-state index in [4.69, 9.17) is 4.74 Å². The van der Waals surface area contributed by atoms with Gasteiger partial charge in [-0.2, -0.15) is 13.2 Å². The molecule has 1 N–H and O–H groups in total. The Morgan fingerprint density at radius 3 is 2.59 bits per heavy atom. The summed E-state index contributed by atoms with van der Waals surface area (Å²) in [5, 5.41) is 2.72. The van der Waals surface area contributed by atoms with Crippen LogP contribution in [-0.2, 0) is 6.18 Å². The van der Waals surface area contributed by atoms with Gasteiger partial charge in [-0.15, -0.1) is 0 Å². The van der Waals surface area contributed by atoms with Crippen LogP contribution in [0.4, 0.5) is 29.5 Å². The largest absolute Gasteiger partial charge is 0.488 e. The summed E-state index contributed by atoms with van der Waals surface area (Å²) in [7, 11) is 0. The highest BCUT2D eigenvalue weighted by Crippen LogP contribution is 2.39. The number of halogens is 3. The van der Waals surface area contributed by atoms with E-state index in [9.17, 15) is 18.0 Å². The van der Waals surface area contributed by atoms with Gasteiger partial charge in [-0.25, -0.2) is 9.78 Å². The lowest BCUT2D eigenvalue weighted by Gasteiger charge is -2.29. The number of amides is 2. The monoisotopic (exact) mass is 400 g/mol. The van der Waals surface area contributed by atoms with Gasteiger partial charge < -0.3 is 10.1 Å². The first-order valence-corrected chi connectivity index (χ1v) is 8.72. The number of carbonyl (C=O) groups is 1. The van der Waals surface area contributed by atoms with Crippen LogP contribution in [-0.4, -0.2) is 29.2 Å². The van der Waals surface area contributed by atoms with E-state index < -0.39 is 17.8 Å². The molecule has 0 atom stereocenters. The number of urea groups is 1. The van der Waals surface area contributed by atoms with Gasteiger partial charge in [0.05, 0.1) is 17.8 Å². The van der Waals surface area contributed by atoms with Crippen LogP contribution in [0.5, 0.6) is 5.75 Å². The van der Waals surface area contributed by atoms with Crippen LogP contribution in [0.2, 0.25) is 0 Å². The number of hydrogen-bond acceptors (Lipinski definition) is 4. The number of carbonyl (C=O) groups excluding carboxylic acids is 1. The van der Waals surface area contributed by atoms with E-state index in [0.29, 0.717) is 11.4 Å². The second-order valence-electron chi connectivity index (χ2n) is 6.23. The number of nitrogens with one attached hydrogen (secondary N) is 1. The van der Waals surface area contributed by atoms with Crippen LogP contribution < -0.4 is 15.0 Å². The summed E-state index contributed by atoms with van der Waals surface area (Å²) < 4.78 is 45.7. The van der Waals surface area contributed by atoms with Crippen LogP contribution in [0.25, 0.3) is 11.3 Å². The molecule has 148 valence electrons. The number of rotatable bonds is 2. The third-order valence-corrected chi connectivity index (χ3v) is 4.35. The molecule has 0 spiro atoms. The highest BCUT2D eigenvalue weighted by atomic mass is 19.4. The first kappa shape index (κ1) is 18.7. The van der Waals surface area contributed by atoms with Gasteiger partial charge in [0.2, 0.25) is 0 Å². The van der Waals surface area contributed by atoms with Gasteiger partial charge in [-0.05, 0) is 30.3 Å². The standard InChI is InChI=1S/C20H15F3N4O2/c21-20(22,23)15-4-2-1-3-14(15)16-5-6-17-18(26-16)27(11-12-29-17)19(28)25-13-7-9-24-10-8-13/h1-10H,11-12H2,(H,24,25,28). The SMILES string of the molecule is O=C(Nc1ccncc1)N1CCOc2ccc(-c3ccccc3C(F)(F)F)nc21. The number of aromatic nitrogens is 2. The highest BCUT2D eigenvalue weighted by molar-refractivity contribution is 6.02. The van der Waals surface area contributed by atoms with Crippen molar-refractivity contribution in [3.8, 4) is 17.0 Å². The van der Waals surface area contributed by atoms with E-state index in [-0.39, 0.29) is 30.2 Å². The van der Waals surface area contributed by atoms with Gasteiger partial charge in [0, 0.05) is 23.6 Å². The molecule has 0 radical (unpaired) electrons. The second-order valence-corrected chi connectivity index (χ2v) is 6.23. The predicted molar refractivity (Wildman–Crippen MR) is 101 cm³/mol. The number of hydrogen-bond donors (Lipinski definition) is 1. The van der Waals surface area contributed by atoms with E-state index in [2.05, 4.69) is 15.3 Å². The Balaban J connectivity index is 1.71. The van der Waals surface area contributed by atoms with Crippen molar-refractivity contribution in [3.63, 3.8) is 0 Å². The van der Waals surface area contributed by atoms with Gasteiger partial charge in [0.25, 0.3) is 0 Å². The van der Waals surface area contributed by atoms with Crippen LogP contribution in [0, 0.1) is 0 Å². The summed E-state index contributed by atoms with van der Waals surface area (Å²) in [5.41, 5.74) is -0.222. The maximum atomic E-state index is 13.4. The number of anilines is 2. The van der Waals surface area contributed by atoms with Crippen molar-refractivity contribution in [2.75, 3.05) is 23.4 Å². The minimum absolute atomic E-state index is 0.0668. The number of pyridine rings is 2.